The summed E-state index contributed by atoms with van der Waals surface area (Å²) in [5.74, 6) is -2.14. The molecular weight excluding hydrogens is 300 g/mol. The molecule has 0 amide bonds. The second-order valence-corrected chi connectivity index (χ2v) is 5.60. The molecule has 4 atom stereocenters. The number of nitrogens with zero attached hydrogens (tertiary/aromatic N) is 2. The minimum absolute atomic E-state index is 0.0168. The van der Waals surface area contributed by atoms with Crippen molar-refractivity contribution in [2.75, 3.05) is 7.11 Å². The number of benzene rings is 1. The van der Waals surface area contributed by atoms with Gasteiger partial charge < -0.3 is 9.53 Å². The van der Waals surface area contributed by atoms with Crippen molar-refractivity contribution in [2.45, 2.75) is 24.8 Å². The van der Waals surface area contributed by atoms with E-state index in [0.29, 0.717) is 17.4 Å². The SMILES string of the molecule is COC(=O)C[C@@H]1C[C@@H]([N+](=O)[O-])[C@H](c2ccc(C#N)cc2)[C@H]1C=O. The summed E-state index contributed by atoms with van der Waals surface area (Å²) in [6.07, 6.45) is 0.827. The number of nitriles is 1. The Kier molecular flexibility index (Phi) is 5.06. The van der Waals surface area contributed by atoms with E-state index in [1.165, 1.54) is 7.11 Å². The fourth-order valence-corrected chi connectivity index (χ4v) is 3.32. The lowest BCUT2D eigenvalue weighted by atomic mass is 9.83. The van der Waals surface area contributed by atoms with Crippen LogP contribution in [-0.4, -0.2) is 30.3 Å². The Labute approximate surface area is 133 Å². The summed E-state index contributed by atoms with van der Waals surface area (Å²) in [4.78, 5) is 34.0. The molecule has 1 fully saturated rings. The Balaban J connectivity index is 2.35. The van der Waals surface area contributed by atoms with E-state index < -0.39 is 34.7 Å². The van der Waals surface area contributed by atoms with Gasteiger partial charge in [-0.2, -0.15) is 5.26 Å². The molecule has 0 unspecified atom stereocenters. The Bertz CT molecular complexity index is 649. The van der Waals surface area contributed by atoms with E-state index in [0.717, 1.165) is 0 Å². The smallest absolute Gasteiger partial charge is 0.305 e. The van der Waals surface area contributed by atoms with E-state index >= 15 is 0 Å². The van der Waals surface area contributed by atoms with E-state index in [1.807, 2.05) is 6.07 Å². The van der Waals surface area contributed by atoms with Gasteiger partial charge in [-0.25, -0.2) is 0 Å². The molecule has 7 heteroatoms. The molecular formula is C16H16N2O5. The molecule has 120 valence electrons. The minimum atomic E-state index is -0.937. The number of nitro groups is 1. The van der Waals surface area contributed by atoms with Crippen LogP contribution in [0.15, 0.2) is 24.3 Å². The molecule has 0 N–H and O–H groups in total. The summed E-state index contributed by atoms with van der Waals surface area (Å²) < 4.78 is 4.61. The Morgan fingerprint density at radius 1 is 1.48 bits per heavy atom. The second-order valence-electron chi connectivity index (χ2n) is 5.60. The summed E-state index contributed by atoms with van der Waals surface area (Å²) in [7, 11) is 1.25. The van der Waals surface area contributed by atoms with Crippen LogP contribution < -0.4 is 0 Å². The van der Waals surface area contributed by atoms with Gasteiger partial charge in [-0.1, -0.05) is 12.1 Å². The van der Waals surface area contributed by atoms with Gasteiger partial charge in [-0.15, -0.1) is 0 Å². The van der Waals surface area contributed by atoms with Crippen LogP contribution in [0.4, 0.5) is 0 Å². The maximum Gasteiger partial charge on any atom is 0.305 e. The third kappa shape index (κ3) is 3.37. The molecule has 1 aromatic carbocycles. The number of rotatable bonds is 5. The molecule has 23 heavy (non-hydrogen) atoms. The Morgan fingerprint density at radius 3 is 2.61 bits per heavy atom. The predicted molar refractivity (Wildman–Crippen MR) is 79.0 cm³/mol. The van der Waals surface area contributed by atoms with Gasteiger partial charge in [0.25, 0.3) is 0 Å². The molecule has 7 nitrogen and oxygen atoms in total. The molecule has 0 aromatic heterocycles. The van der Waals surface area contributed by atoms with Gasteiger partial charge >= 0.3 is 5.97 Å². The van der Waals surface area contributed by atoms with Crippen molar-refractivity contribution >= 4 is 12.3 Å². The van der Waals surface area contributed by atoms with Crippen LogP contribution in [0.5, 0.6) is 0 Å². The van der Waals surface area contributed by atoms with Crippen LogP contribution in [0.1, 0.15) is 29.9 Å². The number of methoxy groups -OCH3 is 1. The monoisotopic (exact) mass is 316 g/mol. The summed E-state index contributed by atoms with van der Waals surface area (Å²) in [5, 5.41) is 20.2. The summed E-state index contributed by atoms with van der Waals surface area (Å²) in [6.45, 7) is 0. The maximum atomic E-state index is 11.5. The lowest BCUT2D eigenvalue weighted by Gasteiger charge is -2.19. The molecule has 1 aromatic rings. The summed E-state index contributed by atoms with van der Waals surface area (Å²) >= 11 is 0. The molecule has 0 bridgehead atoms. The van der Waals surface area contributed by atoms with E-state index in [4.69, 9.17) is 5.26 Å². The van der Waals surface area contributed by atoms with Crippen molar-refractivity contribution in [3.05, 3.63) is 45.5 Å². The number of ether oxygens (including phenoxy) is 1. The molecule has 0 aliphatic heterocycles. The molecule has 0 heterocycles. The number of aldehydes is 1. The normalized spacial score (nSPS) is 26.3. The largest absolute Gasteiger partial charge is 0.469 e. The quantitative estimate of drug-likeness (QED) is 0.354. The van der Waals surface area contributed by atoms with Crippen LogP contribution in [0, 0.1) is 33.3 Å². The van der Waals surface area contributed by atoms with Crippen molar-refractivity contribution in [3.8, 4) is 6.07 Å². The zero-order chi connectivity index (χ0) is 17.0. The van der Waals surface area contributed by atoms with Crippen molar-refractivity contribution in [2.24, 2.45) is 11.8 Å². The van der Waals surface area contributed by atoms with Gasteiger partial charge in [-0.3, -0.25) is 14.9 Å². The molecule has 1 aliphatic carbocycles. The van der Waals surface area contributed by atoms with Crippen LogP contribution in [-0.2, 0) is 14.3 Å². The van der Waals surface area contributed by atoms with Crippen molar-refractivity contribution < 1.29 is 19.2 Å². The first-order valence-corrected chi connectivity index (χ1v) is 7.17. The molecule has 0 saturated heterocycles. The number of esters is 1. The zero-order valence-electron chi connectivity index (χ0n) is 12.5. The minimum Gasteiger partial charge on any atom is -0.469 e. The average molecular weight is 316 g/mol. The second kappa shape index (κ2) is 7.01. The van der Waals surface area contributed by atoms with Crippen LogP contribution in [0.3, 0.4) is 0 Å². The average Bonchev–Trinajstić information content (AvgIpc) is 2.93. The van der Waals surface area contributed by atoms with Gasteiger partial charge in [0, 0.05) is 23.7 Å². The zero-order valence-corrected chi connectivity index (χ0v) is 12.5. The van der Waals surface area contributed by atoms with E-state index in [1.54, 1.807) is 24.3 Å². The van der Waals surface area contributed by atoms with E-state index in [-0.39, 0.29) is 12.8 Å². The maximum absolute atomic E-state index is 11.5. The summed E-state index contributed by atoms with van der Waals surface area (Å²) in [6, 6.07) is 7.46. The topological polar surface area (TPSA) is 110 Å². The fourth-order valence-electron chi connectivity index (χ4n) is 3.32. The number of carbonyl (C=O) groups excluding carboxylic acids is 2. The third-order valence-corrected chi connectivity index (χ3v) is 4.43. The van der Waals surface area contributed by atoms with E-state index in [9.17, 15) is 19.7 Å². The highest BCUT2D eigenvalue weighted by atomic mass is 16.6. The van der Waals surface area contributed by atoms with Crippen molar-refractivity contribution in [3.63, 3.8) is 0 Å². The number of hydrogen-bond acceptors (Lipinski definition) is 6. The van der Waals surface area contributed by atoms with Crippen LogP contribution in [0.2, 0.25) is 0 Å². The van der Waals surface area contributed by atoms with Gasteiger partial charge in [0.2, 0.25) is 6.04 Å². The first-order valence-electron chi connectivity index (χ1n) is 7.17. The van der Waals surface area contributed by atoms with Crippen LogP contribution in [0.25, 0.3) is 0 Å². The molecule has 0 spiro atoms. The first-order chi connectivity index (χ1) is 11.0. The molecule has 0 radical (unpaired) electrons. The number of hydrogen-bond donors (Lipinski definition) is 0. The first kappa shape index (κ1) is 16.6. The lowest BCUT2D eigenvalue weighted by Crippen LogP contribution is -2.26. The van der Waals surface area contributed by atoms with Gasteiger partial charge in [0.1, 0.15) is 6.29 Å². The predicted octanol–water partition coefficient (Wildman–Crippen LogP) is 1.69. The van der Waals surface area contributed by atoms with Crippen molar-refractivity contribution in [1.29, 1.82) is 5.26 Å². The molecule has 2 rings (SSSR count). The fraction of sp³-hybridized carbons (Fsp3) is 0.438. The lowest BCUT2D eigenvalue weighted by molar-refractivity contribution is -0.524. The van der Waals surface area contributed by atoms with Crippen molar-refractivity contribution in [1.82, 2.24) is 0 Å². The highest BCUT2D eigenvalue weighted by Gasteiger charge is 2.50. The Morgan fingerprint density at radius 2 is 2.13 bits per heavy atom. The molecule has 1 aliphatic rings. The third-order valence-electron chi connectivity index (χ3n) is 4.43. The highest BCUT2D eigenvalue weighted by Crippen LogP contribution is 2.45. The number of carbonyl (C=O) groups is 2. The van der Waals surface area contributed by atoms with Gasteiger partial charge in [-0.05, 0) is 23.6 Å². The summed E-state index contributed by atoms with van der Waals surface area (Å²) in [5.41, 5.74) is 1.08. The van der Waals surface area contributed by atoms with Gasteiger partial charge in [0.15, 0.2) is 0 Å². The van der Waals surface area contributed by atoms with E-state index in [2.05, 4.69) is 4.74 Å². The van der Waals surface area contributed by atoms with Gasteiger partial charge in [0.05, 0.1) is 24.7 Å². The molecule has 1 saturated carbocycles. The standard InChI is InChI=1S/C16H16N2O5/c1-23-15(20)7-12-6-14(18(21)22)16(13(12)9-19)11-4-2-10(8-17)3-5-11/h2-5,9,12-14,16H,6-7H2,1H3/t12-,13-,14+,16+/m0/s1. The Hall–Kier alpha value is -2.75. The highest BCUT2D eigenvalue weighted by molar-refractivity contribution is 5.71. The van der Waals surface area contributed by atoms with Crippen LogP contribution >= 0.6 is 0 Å².